The van der Waals surface area contributed by atoms with Crippen LogP contribution in [0.1, 0.15) is 29.6 Å². The molecule has 1 amide bonds. The van der Waals surface area contributed by atoms with Crippen LogP contribution >= 0.6 is 11.3 Å². The fraction of sp³-hybridized carbons (Fsp3) is 0.227. The summed E-state index contributed by atoms with van der Waals surface area (Å²) in [4.78, 5) is 14.9. The summed E-state index contributed by atoms with van der Waals surface area (Å²) in [5, 5.41) is 4.59. The highest BCUT2D eigenvalue weighted by Gasteiger charge is 2.16. The Balaban J connectivity index is 1.38. The van der Waals surface area contributed by atoms with Gasteiger partial charge in [0.05, 0.1) is 0 Å². The number of piperidine rings is 1. The van der Waals surface area contributed by atoms with Crippen molar-refractivity contribution in [2.75, 3.05) is 28.0 Å². The molecule has 2 heterocycles. The van der Waals surface area contributed by atoms with Gasteiger partial charge in [-0.2, -0.15) is 0 Å². The Labute approximate surface area is 180 Å². The summed E-state index contributed by atoms with van der Waals surface area (Å²) >= 11 is 1.15. The largest absolute Gasteiger partial charge is 0.372 e. The van der Waals surface area contributed by atoms with Crippen LogP contribution in [0.5, 0.6) is 0 Å². The Morgan fingerprint density at radius 1 is 0.867 bits per heavy atom. The number of nitrogens with zero attached hydrogens (tertiary/aromatic N) is 1. The average molecular weight is 442 g/mol. The van der Waals surface area contributed by atoms with E-state index in [1.165, 1.54) is 24.9 Å². The van der Waals surface area contributed by atoms with E-state index < -0.39 is 10.0 Å². The second kappa shape index (κ2) is 8.89. The van der Waals surface area contributed by atoms with Crippen molar-refractivity contribution in [3.63, 3.8) is 0 Å². The third-order valence-electron chi connectivity index (χ3n) is 5.01. The molecule has 156 valence electrons. The lowest BCUT2D eigenvalue weighted by Crippen LogP contribution is -2.29. The van der Waals surface area contributed by atoms with Crippen LogP contribution in [-0.2, 0) is 10.0 Å². The number of carbonyl (C=O) groups is 1. The molecule has 4 rings (SSSR count). The highest BCUT2D eigenvalue weighted by Crippen LogP contribution is 2.23. The van der Waals surface area contributed by atoms with Crippen molar-refractivity contribution in [2.45, 2.75) is 23.5 Å². The Morgan fingerprint density at radius 2 is 1.53 bits per heavy atom. The van der Waals surface area contributed by atoms with Crippen LogP contribution in [0.25, 0.3) is 0 Å². The number of rotatable bonds is 6. The molecular formula is C22H23N3O3S2. The minimum Gasteiger partial charge on any atom is -0.372 e. The number of sulfonamides is 1. The topological polar surface area (TPSA) is 78.5 Å². The molecule has 0 atom stereocenters. The maximum Gasteiger partial charge on any atom is 0.271 e. The normalized spacial score (nSPS) is 14.3. The quantitative estimate of drug-likeness (QED) is 0.576. The molecule has 1 aromatic heterocycles. The molecule has 0 spiro atoms. The smallest absolute Gasteiger partial charge is 0.271 e. The number of nitrogens with one attached hydrogen (secondary N) is 2. The van der Waals surface area contributed by atoms with E-state index in [9.17, 15) is 13.2 Å². The summed E-state index contributed by atoms with van der Waals surface area (Å²) in [5.74, 6) is -0.242. The average Bonchev–Trinajstić information content (AvgIpc) is 3.31. The summed E-state index contributed by atoms with van der Waals surface area (Å²) < 4.78 is 27.3. The summed E-state index contributed by atoms with van der Waals surface area (Å²) in [6, 6.07) is 17.5. The Morgan fingerprint density at radius 3 is 2.17 bits per heavy atom. The Hall–Kier alpha value is -2.84. The predicted octanol–water partition coefficient (Wildman–Crippen LogP) is 4.79. The molecule has 0 radical (unpaired) electrons. The van der Waals surface area contributed by atoms with Gasteiger partial charge in [-0.3, -0.25) is 9.52 Å². The van der Waals surface area contributed by atoms with Gasteiger partial charge in [0.1, 0.15) is 4.21 Å². The number of thiophene rings is 1. The van der Waals surface area contributed by atoms with Crippen molar-refractivity contribution in [3.05, 3.63) is 71.6 Å². The van der Waals surface area contributed by atoms with Gasteiger partial charge >= 0.3 is 0 Å². The summed E-state index contributed by atoms with van der Waals surface area (Å²) in [6.07, 6.45) is 3.73. The third kappa shape index (κ3) is 4.83. The first kappa shape index (κ1) is 20.4. The molecule has 1 aliphatic heterocycles. The van der Waals surface area contributed by atoms with Gasteiger partial charge in [0.15, 0.2) is 0 Å². The highest BCUT2D eigenvalue weighted by atomic mass is 32.2. The molecule has 3 aromatic rings. The van der Waals surface area contributed by atoms with Crippen LogP contribution in [0.3, 0.4) is 0 Å². The third-order valence-corrected chi connectivity index (χ3v) is 7.78. The number of hydrogen-bond acceptors (Lipinski definition) is 5. The number of amides is 1. The van der Waals surface area contributed by atoms with Gasteiger partial charge in [0, 0.05) is 35.7 Å². The maximum absolute atomic E-state index is 12.5. The van der Waals surface area contributed by atoms with Crippen molar-refractivity contribution in [1.82, 2.24) is 0 Å². The fourth-order valence-corrected chi connectivity index (χ4v) is 5.47. The zero-order chi connectivity index (χ0) is 21.0. The number of anilines is 3. The second-order valence-electron chi connectivity index (χ2n) is 7.16. The van der Waals surface area contributed by atoms with E-state index in [1.54, 1.807) is 41.8 Å². The molecule has 2 N–H and O–H groups in total. The molecule has 0 unspecified atom stereocenters. The van der Waals surface area contributed by atoms with Crippen molar-refractivity contribution in [3.8, 4) is 0 Å². The Kier molecular flexibility index (Phi) is 6.06. The second-order valence-corrected chi connectivity index (χ2v) is 10.0. The molecule has 0 bridgehead atoms. The van der Waals surface area contributed by atoms with Gasteiger partial charge < -0.3 is 10.2 Å². The molecule has 0 aliphatic carbocycles. The lowest BCUT2D eigenvalue weighted by molar-refractivity contribution is 0.102. The zero-order valence-corrected chi connectivity index (χ0v) is 18.0. The van der Waals surface area contributed by atoms with E-state index in [4.69, 9.17) is 0 Å². The first-order valence-electron chi connectivity index (χ1n) is 9.84. The summed E-state index contributed by atoms with van der Waals surface area (Å²) in [6.45, 7) is 2.16. The molecule has 0 saturated carbocycles. The van der Waals surface area contributed by atoms with Gasteiger partial charge in [-0.25, -0.2) is 8.42 Å². The minimum absolute atomic E-state index is 0.242. The van der Waals surface area contributed by atoms with E-state index in [0.717, 1.165) is 30.1 Å². The van der Waals surface area contributed by atoms with Crippen molar-refractivity contribution < 1.29 is 13.2 Å². The van der Waals surface area contributed by atoms with Gasteiger partial charge in [-0.15, -0.1) is 11.3 Å². The molecule has 1 fully saturated rings. The predicted molar refractivity (Wildman–Crippen MR) is 122 cm³/mol. The van der Waals surface area contributed by atoms with E-state index in [-0.39, 0.29) is 10.1 Å². The maximum atomic E-state index is 12.5. The summed E-state index contributed by atoms with van der Waals surface area (Å²) in [5.41, 5.74) is 2.76. The molecular weight excluding hydrogens is 418 g/mol. The lowest BCUT2D eigenvalue weighted by atomic mass is 10.1. The first-order valence-corrected chi connectivity index (χ1v) is 12.2. The molecule has 2 aromatic carbocycles. The van der Waals surface area contributed by atoms with Gasteiger partial charge in [0.25, 0.3) is 15.9 Å². The first-order chi connectivity index (χ1) is 14.5. The molecule has 6 nitrogen and oxygen atoms in total. The number of carbonyl (C=O) groups excluding carboxylic acids is 1. The lowest BCUT2D eigenvalue weighted by Gasteiger charge is -2.28. The SMILES string of the molecule is O=C(Nc1ccc(N2CCCCC2)cc1)c1ccc(NS(=O)(=O)c2cccs2)cc1. The van der Waals surface area contributed by atoms with Crippen molar-refractivity contribution in [1.29, 1.82) is 0 Å². The van der Waals surface area contributed by atoms with Crippen LogP contribution in [0.15, 0.2) is 70.3 Å². The van der Waals surface area contributed by atoms with Crippen molar-refractivity contribution in [2.24, 2.45) is 0 Å². The van der Waals surface area contributed by atoms with Crippen LogP contribution in [0.2, 0.25) is 0 Å². The van der Waals surface area contributed by atoms with E-state index in [1.807, 2.05) is 24.3 Å². The highest BCUT2D eigenvalue weighted by molar-refractivity contribution is 7.94. The zero-order valence-electron chi connectivity index (χ0n) is 16.4. The summed E-state index contributed by atoms with van der Waals surface area (Å²) in [7, 11) is -3.60. The van der Waals surface area contributed by atoms with E-state index in [2.05, 4.69) is 14.9 Å². The number of hydrogen-bond donors (Lipinski definition) is 2. The fourth-order valence-electron chi connectivity index (χ4n) is 3.42. The van der Waals surface area contributed by atoms with E-state index in [0.29, 0.717) is 11.3 Å². The van der Waals surface area contributed by atoms with Gasteiger partial charge in [-0.05, 0) is 79.2 Å². The molecule has 1 saturated heterocycles. The van der Waals surface area contributed by atoms with Crippen LogP contribution in [-0.4, -0.2) is 27.4 Å². The minimum atomic E-state index is -3.60. The van der Waals surface area contributed by atoms with Crippen LogP contribution in [0.4, 0.5) is 17.1 Å². The van der Waals surface area contributed by atoms with Crippen molar-refractivity contribution >= 4 is 44.3 Å². The number of benzene rings is 2. The van der Waals surface area contributed by atoms with Crippen LogP contribution < -0.4 is 14.9 Å². The van der Waals surface area contributed by atoms with Crippen LogP contribution in [0, 0.1) is 0 Å². The Bertz CT molecular complexity index is 1090. The molecule has 30 heavy (non-hydrogen) atoms. The molecule has 1 aliphatic rings. The molecule has 8 heteroatoms. The monoisotopic (exact) mass is 441 g/mol. The van der Waals surface area contributed by atoms with Gasteiger partial charge in [-0.1, -0.05) is 6.07 Å². The van der Waals surface area contributed by atoms with Gasteiger partial charge in [0.2, 0.25) is 0 Å². The standard InChI is InChI=1S/C22H23N3O3S2/c26-22(23-18-10-12-20(13-11-18)25-14-2-1-3-15-25)17-6-8-19(9-7-17)24-30(27,28)21-5-4-16-29-21/h4-13,16,24H,1-3,14-15H2,(H,23,26). The van der Waals surface area contributed by atoms with E-state index >= 15 is 0 Å².